The van der Waals surface area contributed by atoms with E-state index in [1.54, 1.807) is 18.2 Å². The van der Waals surface area contributed by atoms with E-state index in [-0.39, 0.29) is 13.2 Å². The number of fused-ring (bicyclic) bond motifs is 1. The van der Waals surface area contributed by atoms with Crippen molar-refractivity contribution in [2.45, 2.75) is 51.8 Å². The Hall–Kier alpha value is -3.42. The summed E-state index contributed by atoms with van der Waals surface area (Å²) in [6.07, 6.45) is -6.81. The molecule has 0 fully saturated rings. The first-order valence-electron chi connectivity index (χ1n) is 11.3. The van der Waals surface area contributed by atoms with Crippen molar-refractivity contribution < 1.29 is 31.1 Å². The fourth-order valence-corrected chi connectivity index (χ4v) is 4.47. The first-order chi connectivity index (χ1) is 16.7. The Balaban J connectivity index is 1.59. The topological polar surface area (TPSA) is 12.5 Å². The second-order valence-electron chi connectivity index (χ2n) is 9.43. The molecule has 2 nitrogen and oxygen atoms in total. The van der Waals surface area contributed by atoms with Crippen LogP contribution in [-0.4, -0.2) is 5.54 Å². The van der Waals surface area contributed by atoms with Crippen LogP contribution in [0.2, 0.25) is 0 Å². The molecule has 1 aliphatic rings. The summed E-state index contributed by atoms with van der Waals surface area (Å²) in [4.78, 5) is 2.03. The number of allylic oxidation sites excluding steroid dienone is 1. The molecular formula is C28H25F6NO. The van der Waals surface area contributed by atoms with Crippen molar-refractivity contribution >= 4 is 11.3 Å². The van der Waals surface area contributed by atoms with Gasteiger partial charge in [-0.1, -0.05) is 30.3 Å². The van der Waals surface area contributed by atoms with E-state index in [0.29, 0.717) is 16.9 Å². The molecule has 0 bridgehead atoms. The Morgan fingerprint density at radius 3 is 1.97 bits per heavy atom. The van der Waals surface area contributed by atoms with E-state index in [4.69, 9.17) is 4.74 Å². The Kier molecular flexibility index (Phi) is 6.58. The SMILES string of the molecule is CC1=CC(C)(C)N(Cc2cccc(C(F)(F)F)c2)c2ccc(OCc3cccc(C(F)(F)F)c3)cc21. The Morgan fingerprint density at radius 2 is 1.36 bits per heavy atom. The quantitative estimate of drug-likeness (QED) is 0.322. The third kappa shape index (κ3) is 5.53. The fraction of sp³-hybridized carbons (Fsp3) is 0.286. The summed E-state index contributed by atoms with van der Waals surface area (Å²) in [6, 6.07) is 15.6. The summed E-state index contributed by atoms with van der Waals surface area (Å²) in [7, 11) is 0. The second-order valence-corrected chi connectivity index (χ2v) is 9.43. The van der Waals surface area contributed by atoms with Gasteiger partial charge in [-0.3, -0.25) is 0 Å². The number of benzene rings is 3. The van der Waals surface area contributed by atoms with Crippen LogP contribution in [0.5, 0.6) is 5.75 Å². The highest BCUT2D eigenvalue weighted by Gasteiger charge is 2.34. The lowest BCUT2D eigenvalue weighted by atomic mass is 9.88. The standard InChI is InChI=1S/C28H25F6NO/c1-18-15-26(2,3)35(16-19-6-4-8-21(12-19)27(29,30)31)25-11-10-23(14-24(18)25)36-17-20-7-5-9-22(13-20)28(32,33)34/h4-15H,16-17H2,1-3H3. The van der Waals surface area contributed by atoms with Gasteiger partial charge in [0.2, 0.25) is 0 Å². The van der Waals surface area contributed by atoms with Crippen LogP contribution in [0, 0.1) is 0 Å². The highest BCUT2D eigenvalue weighted by Crippen LogP contribution is 2.42. The van der Waals surface area contributed by atoms with Gasteiger partial charge in [-0.05, 0) is 79.9 Å². The molecule has 1 heterocycles. The van der Waals surface area contributed by atoms with Gasteiger partial charge in [0.1, 0.15) is 12.4 Å². The predicted octanol–water partition coefficient (Wildman–Crippen LogP) is 8.51. The summed E-state index contributed by atoms with van der Waals surface area (Å²) in [5.41, 5.74) is 1.68. The molecule has 3 aromatic carbocycles. The molecule has 0 atom stereocenters. The average molecular weight is 506 g/mol. The molecule has 0 saturated carbocycles. The van der Waals surface area contributed by atoms with Crippen LogP contribution in [0.4, 0.5) is 32.0 Å². The maximum absolute atomic E-state index is 13.2. The molecule has 190 valence electrons. The molecule has 4 rings (SSSR count). The highest BCUT2D eigenvalue weighted by atomic mass is 19.4. The summed E-state index contributed by atoms with van der Waals surface area (Å²) < 4.78 is 84.4. The van der Waals surface area contributed by atoms with Crippen molar-refractivity contribution in [1.29, 1.82) is 0 Å². The van der Waals surface area contributed by atoms with Crippen LogP contribution < -0.4 is 9.64 Å². The molecule has 36 heavy (non-hydrogen) atoms. The largest absolute Gasteiger partial charge is 0.489 e. The monoisotopic (exact) mass is 505 g/mol. The summed E-state index contributed by atoms with van der Waals surface area (Å²) in [5.74, 6) is 0.484. The van der Waals surface area contributed by atoms with Gasteiger partial charge in [-0.25, -0.2) is 0 Å². The van der Waals surface area contributed by atoms with Crippen molar-refractivity contribution in [3.05, 3.63) is 101 Å². The van der Waals surface area contributed by atoms with E-state index in [2.05, 4.69) is 0 Å². The molecule has 0 N–H and O–H groups in total. The van der Waals surface area contributed by atoms with Gasteiger partial charge < -0.3 is 9.64 Å². The van der Waals surface area contributed by atoms with Gasteiger partial charge in [0.15, 0.2) is 0 Å². The number of hydrogen-bond donors (Lipinski definition) is 0. The zero-order chi connectivity index (χ0) is 26.3. The molecule has 0 spiro atoms. The Bertz CT molecular complexity index is 1290. The second kappa shape index (κ2) is 9.22. The molecule has 8 heteroatoms. The zero-order valence-corrected chi connectivity index (χ0v) is 20.0. The summed E-state index contributed by atoms with van der Waals surface area (Å²) in [6.45, 7) is 6.15. The predicted molar refractivity (Wildman–Crippen MR) is 128 cm³/mol. The van der Waals surface area contributed by atoms with Crippen LogP contribution >= 0.6 is 0 Å². The molecule has 0 aromatic heterocycles. The molecule has 0 radical (unpaired) electrons. The first kappa shape index (κ1) is 25.7. The number of alkyl halides is 6. The van der Waals surface area contributed by atoms with Gasteiger partial charge in [0, 0.05) is 17.8 Å². The maximum atomic E-state index is 13.2. The van der Waals surface area contributed by atoms with Crippen LogP contribution in [0.15, 0.2) is 72.8 Å². The molecule has 3 aromatic rings. The molecular weight excluding hydrogens is 480 g/mol. The molecule has 0 unspecified atom stereocenters. The first-order valence-corrected chi connectivity index (χ1v) is 11.3. The van der Waals surface area contributed by atoms with Gasteiger partial charge >= 0.3 is 12.4 Å². The van der Waals surface area contributed by atoms with E-state index >= 15 is 0 Å². The van der Waals surface area contributed by atoms with Crippen molar-refractivity contribution in [3.8, 4) is 5.75 Å². The molecule has 0 saturated heterocycles. The van der Waals surface area contributed by atoms with E-state index in [0.717, 1.165) is 41.1 Å². The van der Waals surface area contributed by atoms with Crippen molar-refractivity contribution in [2.24, 2.45) is 0 Å². The minimum absolute atomic E-state index is 0.0368. The lowest BCUT2D eigenvalue weighted by molar-refractivity contribution is -0.138. The molecule has 0 amide bonds. The van der Waals surface area contributed by atoms with Gasteiger partial charge in [0.25, 0.3) is 0 Å². The smallest absolute Gasteiger partial charge is 0.416 e. The summed E-state index contributed by atoms with van der Waals surface area (Å²) >= 11 is 0. The van der Waals surface area contributed by atoms with Gasteiger partial charge in [-0.2, -0.15) is 26.3 Å². The Labute approximate surface area is 205 Å². The number of anilines is 1. The van der Waals surface area contributed by atoms with Crippen molar-refractivity contribution in [3.63, 3.8) is 0 Å². The highest BCUT2D eigenvalue weighted by molar-refractivity contribution is 5.82. The van der Waals surface area contributed by atoms with Gasteiger partial charge in [0.05, 0.1) is 16.7 Å². The number of rotatable bonds is 5. The number of ether oxygens (including phenoxy) is 1. The van der Waals surface area contributed by atoms with E-state index in [1.165, 1.54) is 12.1 Å². The summed E-state index contributed by atoms with van der Waals surface area (Å²) in [5, 5.41) is 0. The number of nitrogens with zero attached hydrogens (tertiary/aromatic N) is 1. The zero-order valence-electron chi connectivity index (χ0n) is 20.0. The van der Waals surface area contributed by atoms with Crippen molar-refractivity contribution in [2.75, 3.05) is 4.90 Å². The number of halogens is 6. The Morgan fingerprint density at radius 1 is 0.778 bits per heavy atom. The van der Waals surface area contributed by atoms with Crippen molar-refractivity contribution in [1.82, 2.24) is 0 Å². The van der Waals surface area contributed by atoms with Crippen LogP contribution in [-0.2, 0) is 25.5 Å². The molecule has 0 aliphatic carbocycles. The maximum Gasteiger partial charge on any atom is 0.416 e. The van der Waals surface area contributed by atoms with Crippen LogP contribution in [0.25, 0.3) is 5.57 Å². The third-order valence-corrected chi connectivity index (χ3v) is 6.20. The van der Waals surface area contributed by atoms with Gasteiger partial charge in [-0.15, -0.1) is 0 Å². The lowest BCUT2D eigenvalue weighted by Crippen LogP contribution is -2.44. The van der Waals surface area contributed by atoms with Crippen LogP contribution in [0.3, 0.4) is 0 Å². The molecule has 1 aliphatic heterocycles. The third-order valence-electron chi connectivity index (χ3n) is 6.20. The fourth-order valence-electron chi connectivity index (χ4n) is 4.47. The van der Waals surface area contributed by atoms with E-state index in [1.807, 2.05) is 43.9 Å². The lowest BCUT2D eigenvalue weighted by Gasteiger charge is -2.43. The number of hydrogen-bond acceptors (Lipinski definition) is 2. The minimum Gasteiger partial charge on any atom is -0.489 e. The van der Waals surface area contributed by atoms with E-state index < -0.39 is 29.0 Å². The average Bonchev–Trinajstić information content (AvgIpc) is 2.79. The normalized spacial score (nSPS) is 15.4. The van der Waals surface area contributed by atoms with Crippen LogP contribution in [0.1, 0.15) is 48.6 Å². The van der Waals surface area contributed by atoms with E-state index in [9.17, 15) is 26.3 Å². The minimum atomic E-state index is -4.43.